The highest BCUT2D eigenvalue weighted by Gasteiger charge is 2.47. The summed E-state index contributed by atoms with van der Waals surface area (Å²) in [7, 11) is -3.84. The van der Waals surface area contributed by atoms with Crippen LogP contribution in [-0.4, -0.2) is 89.3 Å². The summed E-state index contributed by atoms with van der Waals surface area (Å²) in [6, 6.07) is 3.89. The van der Waals surface area contributed by atoms with Crippen molar-refractivity contribution in [2.24, 2.45) is 5.41 Å². The zero-order chi connectivity index (χ0) is 37.4. The van der Waals surface area contributed by atoms with Crippen molar-refractivity contribution in [3.05, 3.63) is 30.5 Å². The van der Waals surface area contributed by atoms with Crippen molar-refractivity contribution in [3.63, 3.8) is 0 Å². The number of nitrogens with zero attached hydrogens (tertiary/aromatic N) is 2. The first-order valence-corrected chi connectivity index (χ1v) is 18.4. The second-order valence-corrected chi connectivity index (χ2v) is 18.0. The monoisotopic (exact) mass is 717 g/mol. The van der Waals surface area contributed by atoms with Crippen molar-refractivity contribution in [2.45, 2.75) is 129 Å². The summed E-state index contributed by atoms with van der Waals surface area (Å²) >= 11 is 0. The van der Waals surface area contributed by atoms with Gasteiger partial charge in [0.15, 0.2) is 0 Å². The quantitative estimate of drug-likeness (QED) is 0.327. The second-order valence-electron chi connectivity index (χ2n) is 16.1. The van der Waals surface area contributed by atoms with E-state index in [9.17, 15) is 27.6 Å². The zero-order valence-electron chi connectivity index (χ0n) is 30.6. The lowest BCUT2D eigenvalue weighted by molar-refractivity contribution is -0.142. The Morgan fingerprint density at radius 2 is 1.60 bits per heavy atom. The van der Waals surface area contributed by atoms with E-state index in [1.54, 1.807) is 47.7 Å². The summed E-state index contributed by atoms with van der Waals surface area (Å²) in [5.74, 6) is -1.16. The van der Waals surface area contributed by atoms with Crippen molar-refractivity contribution < 1.29 is 41.8 Å². The highest BCUT2D eigenvalue weighted by molar-refractivity contribution is 7.90. The topological polar surface area (TPSA) is 182 Å². The van der Waals surface area contributed by atoms with Crippen LogP contribution in [0, 0.1) is 5.41 Å². The number of likely N-dealkylation sites (tertiary alicyclic amines) is 1. The highest BCUT2D eigenvalue weighted by Crippen LogP contribution is 2.33. The zero-order valence-corrected chi connectivity index (χ0v) is 31.4. The molecule has 1 saturated heterocycles. The molecule has 2 fully saturated rings. The molecular formula is C35H51N5O9S. The number of amides is 4. The van der Waals surface area contributed by atoms with E-state index in [-0.39, 0.29) is 13.0 Å². The van der Waals surface area contributed by atoms with Gasteiger partial charge in [0.25, 0.3) is 5.91 Å². The Morgan fingerprint density at radius 3 is 2.18 bits per heavy atom. The highest BCUT2D eigenvalue weighted by atomic mass is 32.2. The van der Waals surface area contributed by atoms with Gasteiger partial charge in [0.2, 0.25) is 27.7 Å². The van der Waals surface area contributed by atoms with Crippen LogP contribution in [0.4, 0.5) is 4.79 Å². The molecule has 15 heteroatoms. The summed E-state index contributed by atoms with van der Waals surface area (Å²) in [6.07, 6.45) is 1.05. The average molecular weight is 718 g/mol. The molecule has 0 bridgehead atoms. The first kappa shape index (κ1) is 38.7. The molecule has 50 heavy (non-hydrogen) atoms. The van der Waals surface area contributed by atoms with Crippen LogP contribution >= 0.6 is 0 Å². The molecule has 0 unspecified atom stereocenters. The second kappa shape index (κ2) is 14.2. The lowest BCUT2D eigenvalue weighted by atomic mass is 9.85. The van der Waals surface area contributed by atoms with E-state index in [2.05, 4.69) is 15.6 Å². The minimum absolute atomic E-state index is 0.0267. The van der Waals surface area contributed by atoms with Gasteiger partial charge in [0.1, 0.15) is 41.2 Å². The Labute approximate surface area is 294 Å². The number of benzene rings is 1. The molecule has 2 aliphatic rings. The molecule has 4 amide bonds. The van der Waals surface area contributed by atoms with Crippen molar-refractivity contribution >= 4 is 44.6 Å². The number of alkyl carbamates (subject to hydrolysis) is 1. The fourth-order valence-electron chi connectivity index (χ4n) is 5.48. The number of hydrogen-bond acceptors (Lipinski definition) is 10. The standard InChI is InChI=1S/C35H51N5O9S/c1-20(28(41)39-50(45,46)24-12-13-24)37-29(42)26-18-23(19-40(26)31(43)27(33(2,3)4)38-32(44)49-35(8,9)10)47-30-25-14-11-22(48-34(5,6)7)17-21(25)15-16-36-30/h11,14-17,20,23-24,26-27H,12-13,18-19H2,1-10H3,(H,37,42)(H,38,44)(H,39,41)/t20-,23-,26+,27-/m1/s1. The predicted molar refractivity (Wildman–Crippen MR) is 187 cm³/mol. The van der Waals surface area contributed by atoms with Crippen LogP contribution in [-0.2, 0) is 29.1 Å². The number of aromatic nitrogens is 1. The molecule has 2 heterocycles. The van der Waals surface area contributed by atoms with E-state index < -0.39 is 79.9 Å². The number of rotatable bonds is 10. The molecule has 1 aliphatic heterocycles. The molecule has 1 saturated carbocycles. The van der Waals surface area contributed by atoms with Gasteiger partial charge in [-0.05, 0) is 96.4 Å². The van der Waals surface area contributed by atoms with Crippen molar-refractivity contribution in [1.82, 2.24) is 25.2 Å². The van der Waals surface area contributed by atoms with Crippen LogP contribution in [0.15, 0.2) is 30.5 Å². The van der Waals surface area contributed by atoms with Gasteiger partial charge >= 0.3 is 6.09 Å². The van der Waals surface area contributed by atoms with E-state index in [0.717, 1.165) is 5.39 Å². The van der Waals surface area contributed by atoms with E-state index in [4.69, 9.17) is 14.2 Å². The molecule has 276 valence electrons. The molecule has 4 rings (SSSR count). The number of hydrogen-bond donors (Lipinski definition) is 3. The molecule has 1 aromatic heterocycles. The maximum atomic E-state index is 14.3. The van der Waals surface area contributed by atoms with Crippen molar-refractivity contribution in [2.75, 3.05) is 6.54 Å². The molecule has 4 atom stereocenters. The van der Waals surface area contributed by atoms with Gasteiger partial charge in [-0.15, -0.1) is 0 Å². The van der Waals surface area contributed by atoms with Gasteiger partial charge in [0, 0.05) is 18.0 Å². The number of ether oxygens (including phenoxy) is 3. The largest absolute Gasteiger partial charge is 0.488 e. The van der Waals surface area contributed by atoms with Crippen LogP contribution < -0.4 is 24.8 Å². The number of carbonyl (C=O) groups is 4. The number of sulfonamides is 1. The van der Waals surface area contributed by atoms with Crippen LogP contribution in [0.25, 0.3) is 10.8 Å². The normalized spacial score (nSPS) is 19.7. The molecular weight excluding hydrogens is 666 g/mol. The van der Waals surface area contributed by atoms with E-state index in [1.807, 2.05) is 49.8 Å². The molecule has 0 radical (unpaired) electrons. The smallest absolute Gasteiger partial charge is 0.408 e. The Kier molecular flexibility index (Phi) is 11.0. The lowest BCUT2D eigenvalue weighted by Gasteiger charge is -2.35. The molecule has 0 spiro atoms. The molecule has 1 aliphatic carbocycles. The van der Waals surface area contributed by atoms with Crippen molar-refractivity contribution in [3.8, 4) is 11.6 Å². The Balaban J connectivity index is 1.60. The van der Waals surface area contributed by atoms with Crippen molar-refractivity contribution in [1.29, 1.82) is 0 Å². The van der Waals surface area contributed by atoms with Gasteiger partial charge in [-0.1, -0.05) is 20.8 Å². The number of carbonyl (C=O) groups excluding carboxylic acids is 4. The van der Waals surface area contributed by atoms with Crippen LogP contribution in [0.5, 0.6) is 11.6 Å². The van der Waals surface area contributed by atoms with Crippen LogP contribution in [0.2, 0.25) is 0 Å². The number of fused-ring (bicyclic) bond motifs is 1. The summed E-state index contributed by atoms with van der Waals surface area (Å²) in [4.78, 5) is 59.5. The van der Waals surface area contributed by atoms with Gasteiger partial charge in [-0.25, -0.2) is 18.2 Å². The Bertz CT molecular complexity index is 1720. The lowest BCUT2D eigenvalue weighted by Crippen LogP contribution is -2.59. The van der Waals surface area contributed by atoms with Gasteiger partial charge in [-0.3, -0.25) is 19.1 Å². The Morgan fingerprint density at radius 1 is 0.940 bits per heavy atom. The molecule has 3 N–H and O–H groups in total. The summed E-state index contributed by atoms with van der Waals surface area (Å²) < 4.78 is 44.5. The third-order valence-electron chi connectivity index (χ3n) is 7.98. The summed E-state index contributed by atoms with van der Waals surface area (Å²) in [6.45, 7) is 17.6. The van der Waals surface area contributed by atoms with E-state index in [0.29, 0.717) is 29.9 Å². The van der Waals surface area contributed by atoms with Crippen LogP contribution in [0.3, 0.4) is 0 Å². The number of nitrogens with one attached hydrogen (secondary N) is 3. The maximum Gasteiger partial charge on any atom is 0.408 e. The van der Waals surface area contributed by atoms with Gasteiger partial charge in [-0.2, -0.15) is 0 Å². The third kappa shape index (κ3) is 10.2. The molecule has 2 aromatic rings. The Hall–Kier alpha value is -4.14. The minimum atomic E-state index is -3.84. The van der Waals surface area contributed by atoms with Crippen LogP contribution in [0.1, 0.15) is 88.5 Å². The van der Waals surface area contributed by atoms with E-state index >= 15 is 0 Å². The predicted octanol–water partition coefficient (Wildman–Crippen LogP) is 3.81. The summed E-state index contributed by atoms with van der Waals surface area (Å²) in [5, 5.41) is 6.14. The van der Waals surface area contributed by atoms with Gasteiger partial charge in [0.05, 0.1) is 11.8 Å². The first-order valence-electron chi connectivity index (χ1n) is 16.8. The fourth-order valence-corrected chi connectivity index (χ4v) is 6.86. The average Bonchev–Trinajstić information content (AvgIpc) is 3.74. The fraction of sp³-hybridized carbons (Fsp3) is 0.629. The SMILES string of the molecule is C[C@@H](NC(=O)[C@@H]1C[C@@H](Oc2nccc3cc(OC(C)(C)C)ccc23)CN1C(=O)[C@@H](NC(=O)OC(C)(C)C)C(C)(C)C)C(=O)NS(=O)(=O)C1CC1. The third-order valence-corrected chi connectivity index (χ3v) is 9.82. The summed E-state index contributed by atoms with van der Waals surface area (Å²) in [5.41, 5.74) is -2.02. The first-order chi connectivity index (χ1) is 22.9. The molecule has 14 nitrogen and oxygen atoms in total. The maximum absolute atomic E-state index is 14.3. The van der Waals surface area contributed by atoms with E-state index in [1.165, 1.54) is 11.8 Å². The minimum Gasteiger partial charge on any atom is -0.488 e. The van der Waals surface area contributed by atoms with Gasteiger partial charge < -0.3 is 29.7 Å². The molecule has 1 aromatic carbocycles. The number of pyridine rings is 1.